The Labute approximate surface area is 381 Å². The van der Waals surface area contributed by atoms with E-state index in [9.17, 15) is 31.9 Å². The highest BCUT2D eigenvalue weighted by Crippen LogP contribution is 2.36. The number of hydrogen-bond acceptors (Lipinski definition) is 11. The topological polar surface area (TPSA) is 166 Å². The minimum atomic E-state index is -2.97. The third-order valence-electron chi connectivity index (χ3n) is 13.0. The summed E-state index contributed by atoms with van der Waals surface area (Å²) in [6, 6.07) is 6.89. The van der Waals surface area contributed by atoms with Crippen molar-refractivity contribution in [1.29, 1.82) is 0 Å². The number of imide groups is 1. The number of terminal acetylenes is 1. The van der Waals surface area contributed by atoms with Crippen molar-refractivity contribution in [2.45, 2.75) is 94.7 Å². The molecule has 4 aliphatic rings. The van der Waals surface area contributed by atoms with Gasteiger partial charge in [0.25, 0.3) is 18.8 Å². The number of aromatic nitrogens is 7. The van der Waals surface area contributed by atoms with Gasteiger partial charge in [0.2, 0.25) is 11.8 Å². The second-order valence-corrected chi connectivity index (χ2v) is 17.3. The molecule has 0 spiro atoms. The Morgan fingerprint density at radius 3 is 2.64 bits per heavy atom. The van der Waals surface area contributed by atoms with Crippen molar-refractivity contribution in [2.24, 2.45) is 5.92 Å². The maximum atomic E-state index is 15.5. The van der Waals surface area contributed by atoms with Crippen molar-refractivity contribution < 1.29 is 45.8 Å². The van der Waals surface area contributed by atoms with Crippen LogP contribution in [0, 0.1) is 30.1 Å². The molecule has 1 aromatic carbocycles. The summed E-state index contributed by atoms with van der Waals surface area (Å²) < 4.78 is 86.4. The molecule has 3 saturated heterocycles. The zero-order chi connectivity index (χ0) is 46.8. The smallest absolute Gasteiger partial charge is 0.284 e. The van der Waals surface area contributed by atoms with E-state index in [2.05, 4.69) is 53.6 Å². The summed E-state index contributed by atoms with van der Waals surface area (Å²) in [6.45, 7) is 1.99. The fourth-order valence-corrected chi connectivity index (χ4v) is 9.58. The van der Waals surface area contributed by atoms with Crippen LogP contribution in [0.1, 0.15) is 90.6 Å². The molecule has 1 saturated carbocycles. The van der Waals surface area contributed by atoms with E-state index in [1.807, 2.05) is 18.2 Å². The number of fused-ring (bicyclic) bond motifs is 2. The van der Waals surface area contributed by atoms with Crippen molar-refractivity contribution in [3.63, 3.8) is 0 Å². The van der Waals surface area contributed by atoms with E-state index in [1.165, 1.54) is 21.6 Å². The minimum Gasteiger partial charge on any atom is -0.369 e. The molecule has 4 aromatic heterocycles. The number of hydrogen-bond donors (Lipinski definition) is 2. The van der Waals surface area contributed by atoms with Gasteiger partial charge in [-0.3, -0.25) is 34.0 Å². The Hall–Kier alpha value is -6.42. The van der Waals surface area contributed by atoms with Gasteiger partial charge < -0.3 is 19.7 Å². The lowest BCUT2D eigenvalue weighted by molar-refractivity contribution is -0.134. The van der Waals surface area contributed by atoms with Gasteiger partial charge in [-0.25, -0.2) is 31.5 Å². The molecule has 3 amide bonds. The second kappa shape index (κ2) is 19.8. The van der Waals surface area contributed by atoms with Crippen LogP contribution in [0.3, 0.4) is 0 Å². The largest absolute Gasteiger partial charge is 0.369 e. The monoisotopic (exact) mass is 929 g/mol. The second-order valence-electron chi connectivity index (χ2n) is 17.3. The fourth-order valence-electron chi connectivity index (χ4n) is 9.58. The summed E-state index contributed by atoms with van der Waals surface area (Å²) in [5.41, 5.74) is 1.27. The van der Waals surface area contributed by atoms with Crippen LogP contribution in [-0.4, -0.2) is 128 Å². The summed E-state index contributed by atoms with van der Waals surface area (Å²) in [5.74, 6) is 7.30. The van der Waals surface area contributed by atoms with Crippen LogP contribution in [0.2, 0.25) is 0 Å². The molecule has 5 aromatic rings. The van der Waals surface area contributed by atoms with Crippen molar-refractivity contribution in [2.75, 3.05) is 56.2 Å². The summed E-state index contributed by atoms with van der Waals surface area (Å²) in [5, 5.41) is 18.7. The van der Waals surface area contributed by atoms with Gasteiger partial charge in [0.05, 0.1) is 59.9 Å². The van der Waals surface area contributed by atoms with Gasteiger partial charge in [-0.05, 0) is 56.6 Å². The average molecular weight is 930 g/mol. The van der Waals surface area contributed by atoms with Crippen molar-refractivity contribution in [3.8, 4) is 24.2 Å². The number of rotatable bonds is 12. The lowest BCUT2D eigenvalue weighted by atomic mass is 9.85. The van der Waals surface area contributed by atoms with E-state index in [-0.39, 0.29) is 74.0 Å². The van der Waals surface area contributed by atoms with Gasteiger partial charge in [-0.2, -0.15) is 15.3 Å². The van der Waals surface area contributed by atoms with E-state index >= 15 is 4.39 Å². The summed E-state index contributed by atoms with van der Waals surface area (Å²) in [4.78, 5) is 46.2. The first-order valence-electron chi connectivity index (χ1n) is 22.3. The molecule has 3 aliphatic heterocycles. The maximum absolute atomic E-state index is 15.5. The van der Waals surface area contributed by atoms with Crippen LogP contribution in [0.4, 0.5) is 33.5 Å². The van der Waals surface area contributed by atoms with Gasteiger partial charge in [-0.1, -0.05) is 29.9 Å². The van der Waals surface area contributed by atoms with Crippen molar-refractivity contribution in [3.05, 3.63) is 65.4 Å². The maximum Gasteiger partial charge on any atom is 0.284 e. The van der Waals surface area contributed by atoms with E-state index in [4.69, 9.17) is 15.9 Å². The molecular weight excluding hydrogens is 882 g/mol. The predicted molar refractivity (Wildman–Crippen MR) is 233 cm³/mol. The Kier molecular flexibility index (Phi) is 13.5. The lowest BCUT2D eigenvalue weighted by Gasteiger charge is -2.38. The fraction of sp³-hybridized carbons (Fsp3) is 0.500. The molecule has 1 unspecified atom stereocenters. The molecular formula is C46H48F5N11O5. The minimum absolute atomic E-state index is 0.00259. The summed E-state index contributed by atoms with van der Waals surface area (Å²) in [7, 11) is 0. The molecule has 21 heteroatoms. The Morgan fingerprint density at radius 1 is 1.04 bits per heavy atom. The Balaban J connectivity index is 0.764. The highest BCUT2D eigenvalue weighted by molar-refractivity contribution is 6.08. The van der Waals surface area contributed by atoms with E-state index in [0.717, 1.165) is 18.2 Å². The molecule has 1 aliphatic carbocycles. The zero-order valence-corrected chi connectivity index (χ0v) is 36.3. The number of carbonyl (C=O) groups excluding carboxylic acids is 3. The van der Waals surface area contributed by atoms with E-state index in [1.54, 1.807) is 21.8 Å². The molecule has 9 rings (SSSR count). The average Bonchev–Trinajstić information content (AvgIpc) is 4.05. The number of piperidine rings is 2. The van der Waals surface area contributed by atoms with Crippen LogP contribution >= 0.6 is 0 Å². The quantitative estimate of drug-likeness (QED) is 0.0948. The van der Waals surface area contributed by atoms with Crippen LogP contribution in [0.25, 0.3) is 16.6 Å². The van der Waals surface area contributed by atoms with Crippen LogP contribution < -0.4 is 15.5 Å². The molecule has 7 heterocycles. The number of morpholine rings is 1. The number of nitrogens with one attached hydrogen (secondary N) is 2. The van der Waals surface area contributed by atoms with Gasteiger partial charge in [0.1, 0.15) is 36.8 Å². The third kappa shape index (κ3) is 9.85. The van der Waals surface area contributed by atoms with Crippen LogP contribution in [0.15, 0.2) is 42.9 Å². The molecule has 4 fully saturated rings. The first-order valence-corrected chi connectivity index (χ1v) is 22.3. The molecule has 0 radical (unpaired) electrons. The Morgan fingerprint density at radius 2 is 1.88 bits per heavy atom. The number of likely N-dealkylation sites (tertiary alicyclic amines) is 1. The SMILES string of the molecule is C#CCn1nc(C2CCC(=O)NC2=O)c2cccc(C#CCO[C@H]3CCN(CC4CCC(n5cc(NC(=O)c6cnn7ccc(N8CCO[C@H](C(F)F)C8)nc67)c(C(F)F)n5)CC4)C[C@H]3F)c21. The number of amides is 3. The highest BCUT2D eigenvalue weighted by atomic mass is 19.3. The zero-order valence-electron chi connectivity index (χ0n) is 36.3. The summed E-state index contributed by atoms with van der Waals surface area (Å²) >= 11 is 0. The third-order valence-corrected chi connectivity index (χ3v) is 13.0. The molecule has 67 heavy (non-hydrogen) atoms. The first kappa shape index (κ1) is 45.7. The molecule has 16 nitrogen and oxygen atoms in total. The van der Waals surface area contributed by atoms with Gasteiger partial charge in [-0.15, -0.1) is 6.42 Å². The number of benzene rings is 1. The van der Waals surface area contributed by atoms with Gasteiger partial charge in [0, 0.05) is 50.4 Å². The van der Waals surface area contributed by atoms with E-state index in [0.29, 0.717) is 67.9 Å². The number of nitrogens with zero attached hydrogens (tertiary/aromatic N) is 9. The normalized spacial score (nSPS) is 23.9. The standard InChI is InChI=1S/C46H48F5N11O5/c1-2-16-60-41-28(5-3-7-30(41)39(56-60)31-12-13-38(63)55-45(31)64)6-4-20-66-35-14-17-58(24-33(35)47)23-27-8-10-29(11-9-27)62-25-34(40(57-62)43(50)51)53-46(65)32-22-52-61-18-15-37(54-44(32)61)59-19-21-67-36(26-59)42(48)49/h1,3,5,7,15,18,22,25,27,29,31,33,35-36,42-43H,8-14,16-17,19-21,23-24,26H2,(H,53,65)(H,55,63,64)/t27?,29?,31?,33-,35+,36+/m1/s1. The number of alkyl halides is 5. The number of halogens is 5. The molecule has 352 valence electrons. The van der Waals surface area contributed by atoms with Crippen molar-refractivity contribution >= 4 is 45.8 Å². The molecule has 2 N–H and O–H groups in total. The summed E-state index contributed by atoms with van der Waals surface area (Å²) in [6.07, 6.45) is 4.99. The number of para-hydroxylation sites is 1. The number of ether oxygens (including phenoxy) is 2. The van der Waals surface area contributed by atoms with Crippen LogP contribution in [-0.2, 0) is 25.6 Å². The van der Waals surface area contributed by atoms with Gasteiger partial charge in [0.15, 0.2) is 11.3 Å². The predicted octanol–water partition coefficient (Wildman–Crippen LogP) is 5.30. The first-order chi connectivity index (χ1) is 32.4. The molecule has 0 bridgehead atoms. The lowest BCUT2D eigenvalue weighted by Crippen LogP contribution is -2.47. The number of carbonyl (C=O) groups is 3. The van der Waals surface area contributed by atoms with E-state index < -0.39 is 54.7 Å². The Bertz CT molecular complexity index is 2750. The van der Waals surface area contributed by atoms with Gasteiger partial charge >= 0.3 is 0 Å². The van der Waals surface area contributed by atoms with Crippen LogP contribution in [0.5, 0.6) is 0 Å². The van der Waals surface area contributed by atoms with Crippen molar-refractivity contribution in [1.82, 2.24) is 44.4 Å². The number of anilines is 2. The molecule has 4 atom stereocenters. The highest BCUT2D eigenvalue weighted by Gasteiger charge is 2.35.